The van der Waals surface area contributed by atoms with Crippen LogP contribution >= 0.6 is 0 Å². The summed E-state index contributed by atoms with van der Waals surface area (Å²) in [5.41, 5.74) is 5.12. The van der Waals surface area contributed by atoms with Gasteiger partial charge in [0.1, 0.15) is 11.5 Å². The number of hydrogen-bond donors (Lipinski definition) is 0. The molecular weight excluding hydrogens is 520 g/mol. The van der Waals surface area contributed by atoms with Crippen molar-refractivity contribution in [1.29, 1.82) is 0 Å². The maximum Gasteiger partial charge on any atom is 0.153 e. The number of hydrogen-bond acceptors (Lipinski definition) is 4. The number of aldehydes is 2. The quantitative estimate of drug-likeness (QED) is 0.0890. The van der Waals surface area contributed by atoms with Crippen LogP contribution in [0.1, 0.15) is 124 Å². The van der Waals surface area contributed by atoms with Gasteiger partial charge in [0, 0.05) is 0 Å². The molecule has 0 amide bonds. The fourth-order valence-corrected chi connectivity index (χ4v) is 5.24. The van der Waals surface area contributed by atoms with Crippen LogP contribution in [-0.4, -0.2) is 25.8 Å². The zero-order valence-corrected chi connectivity index (χ0v) is 25.9. The highest BCUT2D eigenvalue weighted by molar-refractivity contribution is 5.85. The highest BCUT2D eigenvalue weighted by atomic mass is 16.5. The molecule has 42 heavy (non-hydrogen) atoms. The van der Waals surface area contributed by atoms with Crippen LogP contribution < -0.4 is 9.47 Å². The topological polar surface area (TPSA) is 52.6 Å². The zero-order valence-electron chi connectivity index (χ0n) is 25.9. The van der Waals surface area contributed by atoms with E-state index in [1.54, 1.807) is 0 Å². The molecule has 0 aliphatic rings. The lowest BCUT2D eigenvalue weighted by Gasteiger charge is -2.12. The molecule has 4 heteroatoms. The van der Waals surface area contributed by atoms with Crippen LogP contribution in [-0.2, 0) is 0 Å². The summed E-state index contributed by atoms with van der Waals surface area (Å²) in [7, 11) is 0. The molecule has 3 rings (SSSR count). The maximum absolute atomic E-state index is 11.8. The second-order valence-corrected chi connectivity index (χ2v) is 11.3. The van der Waals surface area contributed by atoms with Gasteiger partial charge in [-0.05, 0) is 59.4 Å². The van der Waals surface area contributed by atoms with Crippen molar-refractivity contribution < 1.29 is 19.1 Å². The highest BCUT2D eigenvalue weighted by Crippen LogP contribution is 2.30. The molecule has 0 aliphatic carbocycles. The van der Waals surface area contributed by atoms with E-state index in [1.807, 2.05) is 60.7 Å². The maximum atomic E-state index is 11.8. The minimum Gasteiger partial charge on any atom is -0.493 e. The summed E-state index contributed by atoms with van der Waals surface area (Å²) in [5.74, 6) is 1.29. The molecule has 226 valence electrons. The van der Waals surface area contributed by atoms with Crippen LogP contribution in [0.5, 0.6) is 11.5 Å². The van der Waals surface area contributed by atoms with Gasteiger partial charge in [-0.25, -0.2) is 0 Å². The number of rotatable bonds is 22. The van der Waals surface area contributed by atoms with E-state index in [1.165, 1.54) is 64.2 Å². The molecule has 3 aromatic rings. The number of ether oxygens (including phenoxy) is 2. The standard InChI is InChI=1S/C38H50O4/c1-3-5-7-9-11-13-15-25-41-37-23-21-33(27-35(37)29-39)31-17-19-32(20-18-31)34-22-24-38(36(28-34)30-40)42-26-16-14-12-10-8-6-4-2/h17-24,27-30H,3-16,25-26H2,1-2H3. The lowest BCUT2D eigenvalue weighted by atomic mass is 9.98. The first kappa shape index (κ1) is 33.1. The van der Waals surface area contributed by atoms with E-state index in [0.29, 0.717) is 35.8 Å². The summed E-state index contributed by atoms with van der Waals surface area (Å²) in [6, 6.07) is 19.8. The van der Waals surface area contributed by atoms with Crippen LogP contribution in [0.3, 0.4) is 0 Å². The van der Waals surface area contributed by atoms with E-state index in [-0.39, 0.29) is 0 Å². The Bertz CT molecular complexity index is 1100. The smallest absolute Gasteiger partial charge is 0.153 e. The second kappa shape index (κ2) is 19.7. The van der Waals surface area contributed by atoms with E-state index >= 15 is 0 Å². The van der Waals surface area contributed by atoms with E-state index < -0.39 is 0 Å². The lowest BCUT2D eigenvalue weighted by Crippen LogP contribution is -2.00. The van der Waals surface area contributed by atoms with Crippen molar-refractivity contribution in [3.05, 3.63) is 71.8 Å². The van der Waals surface area contributed by atoms with Gasteiger partial charge in [-0.2, -0.15) is 0 Å². The highest BCUT2D eigenvalue weighted by Gasteiger charge is 2.09. The summed E-state index contributed by atoms with van der Waals surface area (Å²) >= 11 is 0. The molecule has 0 N–H and O–H groups in total. The van der Waals surface area contributed by atoms with Crippen molar-refractivity contribution >= 4 is 12.6 Å². The number of carbonyl (C=O) groups is 2. The third-order valence-corrected chi connectivity index (χ3v) is 7.84. The largest absolute Gasteiger partial charge is 0.493 e. The van der Waals surface area contributed by atoms with Crippen molar-refractivity contribution in [1.82, 2.24) is 0 Å². The molecule has 0 spiro atoms. The SMILES string of the molecule is CCCCCCCCCOc1ccc(-c2ccc(-c3ccc(OCCCCCCCCC)c(C=O)c3)cc2)cc1C=O. The first-order chi connectivity index (χ1) is 20.7. The molecule has 0 radical (unpaired) electrons. The molecule has 0 fully saturated rings. The third kappa shape index (κ3) is 11.1. The first-order valence-corrected chi connectivity index (χ1v) is 16.2. The normalized spacial score (nSPS) is 10.9. The predicted molar refractivity (Wildman–Crippen MR) is 175 cm³/mol. The number of unbranched alkanes of at least 4 members (excludes halogenated alkanes) is 12. The fraction of sp³-hybridized carbons (Fsp3) is 0.474. The lowest BCUT2D eigenvalue weighted by molar-refractivity contribution is 0.111. The average Bonchev–Trinajstić information content (AvgIpc) is 3.03. The molecule has 0 aliphatic heterocycles. The van der Waals surface area contributed by atoms with Gasteiger partial charge >= 0.3 is 0 Å². The molecule has 4 nitrogen and oxygen atoms in total. The summed E-state index contributed by atoms with van der Waals surface area (Å²) in [4.78, 5) is 23.6. The average molecular weight is 571 g/mol. The van der Waals surface area contributed by atoms with Crippen molar-refractivity contribution in [2.24, 2.45) is 0 Å². The van der Waals surface area contributed by atoms with Crippen LogP contribution in [0.25, 0.3) is 22.3 Å². The van der Waals surface area contributed by atoms with Gasteiger partial charge in [-0.3, -0.25) is 9.59 Å². The van der Waals surface area contributed by atoms with Crippen molar-refractivity contribution in [2.45, 2.75) is 104 Å². The Morgan fingerprint density at radius 2 is 0.786 bits per heavy atom. The van der Waals surface area contributed by atoms with Gasteiger partial charge in [0.25, 0.3) is 0 Å². The summed E-state index contributed by atoms with van der Waals surface area (Å²) in [5, 5.41) is 0. The number of benzene rings is 3. The Morgan fingerprint density at radius 1 is 0.452 bits per heavy atom. The Kier molecular flexibility index (Phi) is 15.5. The second-order valence-electron chi connectivity index (χ2n) is 11.3. The number of carbonyl (C=O) groups excluding carboxylic acids is 2. The molecule has 0 saturated heterocycles. The Labute approximate surface area is 253 Å². The van der Waals surface area contributed by atoms with Crippen LogP contribution in [0, 0.1) is 0 Å². The molecule has 0 saturated carbocycles. The van der Waals surface area contributed by atoms with E-state index in [9.17, 15) is 9.59 Å². The minimum atomic E-state index is 0.572. The van der Waals surface area contributed by atoms with Crippen LogP contribution in [0.15, 0.2) is 60.7 Å². The van der Waals surface area contributed by atoms with Gasteiger partial charge < -0.3 is 9.47 Å². The molecule has 0 bridgehead atoms. The van der Waals surface area contributed by atoms with Crippen LogP contribution in [0.2, 0.25) is 0 Å². The third-order valence-electron chi connectivity index (χ3n) is 7.84. The van der Waals surface area contributed by atoms with Crippen LogP contribution in [0.4, 0.5) is 0 Å². The zero-order chi connectivity index (χ0) is 29.8. The summed E-state index contributed by atoms with van der Waals surface area (Å²) in [6.45, 7) is 5.73. The first-order valence-electron chi connectivity index (χ1n) is 16.2. The fourth-order valence-electron chi connectivity index (χ4n) is 5.24. The molecular formula is C38H50O4. The molecule has 0 atom stereocenters. The Hall–Kier alpha value is -3.40. The summed E-state index contributed by atoms with van der Waals surface area (Å²) < 4.78 is 11.9. The molecule has 0 heterocycles. The van der Waals surface area contributed by atoms with Crippen molar-refractivity contribution in [3.8, 4) is 33.8 Å². The molecule has 0 aromatic heterocycles. The van der Waals surface area contributed by atoms with Crippen molar-refractivity contribution in [2.75, 3.05) is 13.2 Å². The van der Waals surface area contributed by atoms with Gasteiger partial charge in [0.2, 0.25) is 0 Å². The Balaban J connectivity index is 1.53. The van der Waals surface area contributed by atoms with E-state index in [2.05, 4.69) is 13.8 Å². The van der Waals surface area contributed by atoms with Gasteiger partial charge in [-0.15, -0.1) is 0 Å². The van der Waals surface area contributed by atoms with Crippen molar-refractivity contribution in [3.63, 3.8) is 0 Å². The summed E-state index contributed by atoms with van der Waals surface area (Å²) in [6.07, 6.45) is 18.9. The van der Waals surface area contributed by atoms with Gasteiger partial charge in [-0.1, -0.05) is 127 Å². The van der Waals surface area contributed by atoms with Gasteiger partial charge in [0.15, 0.2) is 12.6 Å². The predicted octanol–water partition coefficient (Wildman–Crippen LogP) is 10.9. The monoisotopic (exact) mass is 570 g/mol. The Morgan fingerprint density at radius 3 is 1.14 bits per heavy atom. The van der Waals surface area contributed by atoms with Gasteiger partial charge in [0.05, 0.1) is 24.3 Å². The molecule has 0 unspecified atom stereocenters. The minimum absolute atomic E-state index is 0.572. The van der Waals surface area contributed by atoms with E-state index in [4.69, 9.17) is 9.47 Å². The molecule has 3 aromatic carbocycles. The van der Waals surface area contributed by atoms with E-state index in [0.717, 1.165) is 60.5 Å².